The zero-order valence-electron chi connectivity index (χ0n) is 19.1. The largest absolute Gasteiger partial charge is 0.481 e. The second kappa shape index (κ2) is 9.61. The molecule has 0 fully saturated rings. The predicted molar refractivity (Wildman–Crippen MR) is 127 cm³/mol. The van der Waals surface area contributed by atoms with E-state index in [1.807, 2.05) is 48.5 Å². The van der Waals surface area contributed by atoms with Crippen LogP contribution in [-0.2, 0) is 27.3 Å². The van der Waals surface area contributed by atoms with E-state index in [-0.39, 0.29) is 12.5 Å². The van der Waals surface area contributed by atoms with E-state index in [1.54, 1.807) is 11.1 Å². The molecule has 3 N–H and O–H groups in total. The Morgan fingerprint density at radius 1 is 1.11 bits per heavy atom. The summed E-state index contributed by atoms with van der Waals surface area (Å²) in [5.41, 5.74) is 6.22. The third-order valence-corrected chi connectivity index (χ3v) is 6.65. The molecular weight excluding hydrogens is 448 g/mol. The van der Waals surface area contributed by atoms with Crippen molar-refractivity contribution in [3.63, 3.8) is 0 Å². The van der Waals surface area contributed by atoms with Crippen LogP contribution in [0.3, 0.4) is 0 Å². The van der Waals surface area contributed by atoms with Gasteiger partial charge in [0.15, 0.2) is 0 Å². The van der Waals surface area contributed by atoms with Crippen molar-refractivity contribution in [1.82, 2.24) is 20.4 Å². The molecule has 5 rings (SSSR count). The van der Waals surface area contributed by atoms with E-state index >= 15 is 0 Å². The summed E-state index contributed by atoms with van der Waals surface area (Å²) in [5.74, 6) is -1.76. The molecule has 9 nitrogen and oxygen atoms in total. The Morgan fingerprint density at radius 2 is 1.80 bits per heavy atom. The maximum atomic E-state index is 13.2. The molecule has 1 aliphatic heterocycles. The number of nitrogens with one attached hydrogen (secondary N) is 2. The SMILES string of the molecule is O=C(O)CC(NC(=O)OCC1c2ccccc2-c2ccccc21)C(=O)N1CCCc2[nH]ncc2C1. The Hall–Kier alpha value is -4.14. The third-order valence-electron chi connectivity index (χ3n) is 6.65. The standard InChI is InChI=1S/C26H26N4O5/c31-24(32)12-23(25(33)30-11-5-10-22-16(14-30)13-27-29-22)28-26(34)35-15-21-19-8-3-1-6-17(19)18-7-2-4-9-20(18)21/h1-4,6-9,13,21,23H,5,10-12,14-15H2,(H,27,29)(H,28,34)(H,31,32). The van der Waals surface area contributed by atoms with Gasteiger partial charge in [0.25, 0.3) is 0 Å². The average molecular weight is 475 g/mol. The van der Waals surface area contributed by atoms with E-state index in [9.17, 15) is 19.5 Å². The van der Waals surface area contributed by atoms with Gasteiger partial charge in [-0.25, -0.2) is 4.79 Å². The Bertz CT molecular complexity index is 1220. The summed E-state index contributed by atoms with van der Waals surface area (Å²) in [7, 11) is 0. The van der Waals surface area contributed by atoms with Crippen molar-refractivity contribution in [2.45, 2.75) is 37.8 Å². The quantitative estimate of drug-likeness (QED) is 0.504. The Balaban J connectivity index is 1.27. The van der Waals surface area contributed by atoms with Gasteiger partial charge in [-0.2, -0.15) is 5.10 Å². The number of benzene rings is 2. The van der Waals surface area contributed by atoms with Crippen molar-refractivity contribution < 1.29 is 24.2 Å². The number of amides is 2. The Kier molecular flexibility index (Phi) is 6.22. The number of ether oxygens (including phenoxy) is 1. The van der Waals surface area contributed by atoms with Crippen molar-refractivity contribution in [2.24, 2.45) is 0 Å². The minimum atomic E-state index is -1.23. The number of aromatic nitrogens is 2. The number of hydrogen-bond donors (Lipinski definition) is 3. The lowest BCUT2D eigenvalue weighted by atomic mass is 9.98. The number of carbonyl (C=O) groups excluding carboxylic acids is 2. The number of hydrogen-bond acceptors (Lipinski definition) is 5. The number of nitrogens with zero attached hydrogens (tertiary/aromatic N) is 2. The van der Waals surface area contributed by atoms with Crippen LogP contribution >= 0.6 is 0 Å². The summed E-state index contributed by atoms with van der Waals surface area (Å²) in [4.78, 5) is 39.0. The van der Waals surface area contributed by atoms with E-state index in [4.69, 9.17) is 4.74 Å². The number of rotatable bonds is 6. The number of fused-ring (bicyclic) bond motifs is 4. The van der Waals surface area contributed by atoms with Crippen LogP contribution in [0.15, 0.2) is 54.7 Å². The van der Waals surface area contributed by atoms with Crippen molar-refractivity contribution in [3.05, 3.63) is 77.1 Å². The molecule has 0 saturated carbocycles. The van der Waals surface area contributed by atoms with Crippen LogP contribution in [0.1, 0.15) is 41.1 Å². The molecule has 180 valence electrons. The van der Waals surface area contributed by atoms with Crippen LogP contribution in [0, 0.1) is 0 Å². The zero-order chi connectivity index (χ0) is 24.4. The van der Waals surface area contributed by atoms with Crippen LogP contribution in [0.4, 0.5) is 4.79 Å². The molecule has 0 bridgehead atoms. The summed E-state index contributed by atoms with van der Waals surface area (Å²) < 4.78 is 5.53. The molecule has 0 spiro atoms. The fourth-order valence-corrected chi connectivity index (χ4v) is 4.99. The van der Waals surface area contributed by atoms with Crippen LogP contribution in [-0.4, -0.2) is 57.4 Å². The fraction of sp³-hybridized carbons (Fsp3) is 0.308. The highest BCUT2D eigenvalue weighted by Gasteiger charge is 2.32. The zero-order valence-corrected chi connectivity index (χ0v) is 19.1. The number of H-pyrrole nitrogens is 1. The van der Waals surface area contributed by atoms with Crippen LogP contribution in [0.5, 0.6) is 0 Å². The number of alkyl carbamates (subject to hydrolysis) is 1. The lowest BCUT2D eigenvalue weighted by Gasteiger charge is -2.26. The molecule has 2 amide bonds. The molecule has 9 heteroatoms. The molecule has 3 aromatic rings. The lowest BCUT2D eigenvalue weighted by Crippen LogP contribution is -2.49. The highest BCUT2D eigenvalue weighted by Crippen LogP contribution is 2.44. The summed E-state index contributed by atoms with van der Waals surface area (Å²) in [6, 6.07) is 14.7. The molecule has 1 aromatic heterocycles. The topological polar surface area (TPSA) is 125 Å². The van der Waals surface area contributed by atoms with Gasteiger partial charge in [0.05, 0.1) is 12.6 Å². The molecule has 0 saturated heterocycles. The van der Waals surface area contributed by atoms with E-state index in [1.165, 1.54) is 0 Å². The van der Waals surface area contributed by atoms with E-state index < -0.39 is 30.4 Å². The highest BCUT2D eigenvalue weighted by atomic mass is 16.5. The normalized spacial score (nSPS) is 15.4. The molecule has 0 radical (unpaired) electrons. The first kappa shape index (κ1) is 22.6. The summed E-state index contributed by atoms with van der Waals surface area (Å²) in [6.45, 7) is 0.854. The minimum Gasteiger partial charge on any atom is -0.481 e. The summed E-state index contributed by atoms with van der Waals surface area (Å²) in [5, 5.41) is 18.8. The number of carboxylic acid groups (broad SMARTS) is 1. The van der Waals surface area contributed by atoms with Crippen LogP contribution < -0.4 is 5.32 Å². The first-order valence-electron chi connectivity index (χ1n) is 11.6. The molecule has 1 unspecified atom stereocenters. The van der Waals surface area contributed by atoms with Crippen molar-refractivity contribution in [1.29, 1.82) is 0 Å². The van der Waals surface area contributed by atoms with Gasteiger partial charge in [0, 0.05) is 30.3 Å². The molecule has 1 atom stereocenters. The van der Waals surface area contributed by atoms with Crippen molar-refractivity contribution in [2.75, 3.05) is 13.2 Å². The molecule has 2 aliphatic rings. The molecule has 1 aliphatic carbocycles. The fourth-order valence-electron chi connectivity index (χ4n) is 4.99. The van der Waals surface area contributed by atoms with E-state index in [2.05, 4.69) is 15.5 Å². The van der Waals surface area contributed by atoms with Crippen LogP contribution in [0.2, 0.25) is 0 Å². The second-order valence-electron chi connectivity index (χ2n) is 8.86. The smallest absolute Gasteiger partial charge is 0.407 e. The van der Waals surface area contributed by atoms with Gasteiger partial charge in [-0.15, -0.1) is 0 Å². The van der Waals surface area contributed by atoms with Gasteiger partial charge in [0.2, 0.25) is 5.91 Å². The Morgan fingerprint density at radius 3 is 2.49 bits per heavy atom. The second-order valence-corrected chi connectivity index (χ2v) is 8.86. The Labute approximate surface area is 202 Å². The third kappa shape index (κ3) is 4.62. The lowest BCUT2D eigenvalue weighted by molar-refractivity contribution is -0.142. The maximum absolute atomic E-state index is 13.2. The van der Waals surface area contributed by atoms with Gasteiger partial charge in [-0.3, -0.25) is 14.7 Å². The molecular formula is C26H26N4O5. The number of carbonyl (C=O) groups is 3. The molecule has 2 heterocycles. The predicted octanol–water partition coefficient (Wildman–Crippen LogP) is 3.07. The van der Waals surface area contributed by atoms with Gasteiger partial charge in [0.1, 0.15) is 12.6 Å². The first-order chi connectivity index (χ1) is 17.0. The molecule has 2 aromatic carbocycles. The van der Waals surface area contributed by atoms with Gasteiger partial charge < -0.3 is 20.1 Å². The van der Waals surface area contributed by atoms with Gasteiger partial charge >= 0.3 is 12.1 Å². The van der Waals surface area contributed by atoms with Gasteiger partial charge in [-0.05, 0) is 35.1 Å². The number of carboxylic acids is 1. The number of aliphatic carboxylic acids is 1. The monoisotopic (exact) mass is 474 g/mol. The first-order valence-corrected chi connectivity index (χ1v) is 11.6. The average Bonchev–Trinajstić information content (AvgIpc) is 3.36. The van der Waals surface area contributed by atoms with E-state index in [0.717, 1.165) is 39.9 Å². The molecule has 35 heavy (non-hydrogen) atoms. The number of aryl methyl sites for hydroxylation is 1. The van der Waals surface area contributed by atoms with Gasteiger partial charge in [-0.1, -0.05) is 48.5 Å². The van der Waals surface area contributed by atoms with Crippen molar-refractivity contribution in [3.8, 4) is 11.1 Å². The van der Waals surface area contributed by atoms with Crippen molar-refractivity contribution >= 4 is 18.0 Å². The van der Waals surface area contributed by atoms with E-state index in [0.29, 0.717) is 19.5 Å². The number of aromatic amines is 1. The maximum Gasteiger partial charge on any atom is 0.407 e. The summed E-state index contributed by atoms with van der Waals surface area (Å²) >= 11 is 0. The van der Waals surface area contributed by atoms with Crippen LogP contribution in [0.25, 0.3) is 11.1 Å². The highest BCUT2D eigenvalue weighted by molar-refractivity contribution is 5.89. The minimum absolute atomic E-state index is 0.0793. The summed E-state index contributed by atoms with van der Waals surface area (Å²) in [6.07, 6.45) is 1.79.